The van der Waals surface area contributed by atoms with Crippen molar-refractivity contribution >= 4 is 163 Å². The van der Waals surface area contributed by atoms with Crippen molar-refractivity contribution in [1.29, 1.82) is 0 Å². The van der Waals surface area contributed by atoms with Gasteiger partial charge in [-0.2, -0.15) is 0 Å². The number of pyridine rings is 6. The van der Waals surface area contributed by atoms with E-state index in [1.807, 2.05) is 49.3 Å². The molecule has 16 rings (SSSR count). The molecule has 9 nitrogen and oxygen atoms in total. The van der Waals surface area contributed by atoms with E-state index in [1.165, 1.54) is 64.4 Å². The van der Waals surface area contributed by atoms with E-state index in [9.17, 15) is 0 Å². The van der Waals surface area contributed by atoms with Crippen LogP contribution in [0.4, 0.5) is 0 Å². The Labute approximate surface area is 460 Å². The first-order valence-electron chi connectivity index (χ1n) is 25.2. The van der Waals surface area contributed by atoms with Crippen molar-refractivity contribution in [3.8, 4) is 0 Å². The predicted octanol–water partition coefficient (Wildman–Crippen LogP) is 11.2. The maximum absolute atomic E-state index is 5.13. The summed E-state index contributed by atoms with van der Waals surface area (Å²) in [5, 5.41) is 17.2. The van der Waals surface area contributed by atoms with E-state index < -0.39 is 15.8 Å². The molecule has 0 aliphatic carbocycles. The Morgan fingerprint density at radius 1 is 0.282 bits per heavy atom. The average Bonchev–Trinajstić information content (AvgIpc) is 4.25. The number of benzene rings is 8. The van der Waals surface area contributed by atoms with Gasteiger partial charge in [0, 0.05) is 69.5 Å². The minimum absolute atomic E-state index is 0. The molecule has 0 aliphatic rings. The van der Waals surface area contributed by atoms with Crippen LogP contribution in [0.25, 0.3) is 98.5 Å². The molecule has 2 atom stereocenters. The van der Waals surface area contributed by atoms with Gasteiger partial charge in [-0.15, -0.1) is 0 Å². The van der Waals surface area contributed by atoms with Crippen molar-refractivity contribution in [3.05, 3.63) is 256 Å². The zero-order chi connectivity index (χ0) is 50.1. The van der Waals surface area contributed by atoms with Gasteiger partial charge < -0.3 is 5.48 Å². The summed E-state index contributed by atoms with van der Waals surface area (Å²) in [5.41, 5.74) is 10.6. The SMILES string of the molecule is O.[SeH2].c1cnc2cc(P(c3ccncc3)c3ccc4c(c3)c3ccccc3n3c5ccccc5nc43)ccc2c1.c1cnc2cc(P(c3ccncc3)c3ccc4c5ccccc5n5c6ccccc6nc5c4c3)ccc2c1. The maximum atomic E-state index is 5.13. The van der Waals surface area contributed by atoms with Crippen LogP contribution >= 0.6 is 15.8 Å². The van der Waals surface area contributed by atoms with E-state index in [4.69, 9.17) is 9.97 Å². The topological polar surface area (TPSA) is 118 Å². The van der Waals surface area contributed by atoms with Gasteiger partial charge in [0.1, 0.15) is 11.3 Å². The quantitative estimate of drug-likeness (QED) is 0.0930. The molecule has 0 saturated heterocycles. The molecule has 0 aliphatic heterocycles. The smallest absolute Gasteiger partial charge is 0.146 e. The zero-order valence-corrected chi connectivity index (χ0v) is 45.6. The van der Waals surface area contributed by atoms with Gasteiger partial charge in [-0.1, -0.05) is 115 Å². The van der Waals surface area contributed by atoms with Crippen molar-refractivity contribution in [3.63, 3.8) is 0 Å². The molecule has 16 aromatic rings. The molecule has 2 unspecified atom stereocenters. The molecular weight excluding hydrogens is 1060 g/mol. The Morgan fingerprint density at radius 2 is 0.692 bits per heavy atom. The number of hydrogen-bond donors (Lipinski definition) is 0. The second kappa shape index (κ2) is 20.3. The van der Waals surface area contributed by atoms with Crippen LogP contribution in [0.2, 0.25) is 0 Å². The van der Waals surface area contributed by atoms with Crippen molar-refractivity contribution in [2.24, 2.45) is 0 Å². The van der Waals surface area contributed by atoms with Gasteiger partial charge in [0.05, 0.1) is 44.1 Å². The normalized spacial score (nSPS) is 12.3. The van der Waals surface area contributed by atoms with Gasteiger partial charge in [0.25, 0.3) is 0 Å². The molecule has 0 fully saturated rings. The number of imidazole rings is 2. The van der Waals surface area contributed by atoms with Crippen molar-refractivity contribution < 1.29 is 5.48 Å². The van der Waals surface area contributed by atoms with Crippen molar-refractivity contribution in [1.82, 2.24) is 38.7 Å². The number of rotatable bonds is 6. The van der Waals surface area contributed by atoms with Gasteiger partial charge >= 0.3 is 17.1 Å². The third-order valence-corrected chi connectivity index (χ3v) is 19.3. The average molecular weight is 1110 g/mol. The first-order chi connectivity index (χ1) is 37.7. The van der Waals surface area contributed by atoms with Gasteiger partial charge in [-0.05, 0) is 162 Å². The molecule has 12 heteroatoms. The van der Waals surface area contributed by atoms with E-state index in [-0.39, 0.29) is 22.5 Å². The van der Waals surface area contributed by atoms with Gasteiger partial charge in [-0.3, -0.25) is 28.7 Å². The molecule has 0 saturated carbocycles. The Hall–Kier alpha value is -8.84. The van der Waals surface area contributed by atoms with E-state index in [0.29, 0.717) is 0 Å². The van der Waals surface area contributed by atoms with Crippen molar-refractivity contribution in [2.45, 2.75) is 0 Å². The largest absolute Gasteiger partial charge is 0.292 e. The van der Waals surface area contributed by atoms with Crippen LogP contribution in [0.5, 0.6) is 0 Å². The summed E-state index contributed by atoms with van der Waals surface area (Å²) in [4.78, 5) is 28.1. The van der Waals surface area contributed by atoms with Crippen LogP contribution in [0, 0.1) is 0 Å². The molecule has 0 amide bonds. The van der Waals surface area contributed by atoms with Crippen LogP contribution < -0.4 is 31.8 Å². The summed E-state index contributed by atoms with van der Waals surface area (Å²) < 4.78 is 4.61. The third kappa shape index (κ3) is 8.22. The summed E-state index contributed by atoms with van der Waals surface area (Å²) in [5.74, 6) is 0. The number of aromatic nitrogens is 8. The van der Waals surface area contributed by atoms with Gasteiger partial charge in [0.15, 0.2) is 0 Å². The van der Waals surface area contributed by atoms with E-state index in [1.54, 1.807) is 0 Å². The van der Waals surface area contributed by atoms with Crippen LogP contribution in [-0.4, -0.2) is 61.3 Å². The molecule has 0 radical (unpaired) electrons. The van der Waals surface area contributed by atoms with Crippen LogP contribution in [0.3, 0.4) is 0 Å². The molecule has 372 valence electrons. The molecule has 8 heterocycles. The number of nitrogens with zero attached hydrogens (tertiary/aromatic N) is 8. The number of hydrogen-bond acceptors (Lipinski definition) is 6. The van der Waals surface area contributed by atoms with Gasteiger partial charge in [0.2, 0.25) is 0 Å². The van der Waals surface area contributed by atoms with E-state index in [0.717, 1.165) is 65.9 Å². The zero-order valence-electron chi connectivity index (χ0n) is 41.7. The first-order valence-corrected chi connectivity index (χ1v) is 27.9. The summed E-state index contributed by atoms with van der Waals surface area (Å²) >= 11 is 0. The van der Waals surface area contributed by atoms with Crippen LogP contribution in [0.1, 0.15) is 0 Å². The molecular formula is C66H46N8OP2Se. The first kappa shape index (κ1) is 48.8. The summed E-state index contributed by atoms with van der Waals surface area (Å²) in [7, 11) is -1.65. The van der Waals surface area contributed by atoms with E-state index in [2.05, 4.69) is 235 Å². The second-order valence-electron chi connectivity index (χ2n) is 18.9. The summed E-state index contributed by atoms with van der Waals surface area (Å²) in [6.45, 7) is 0. The summed E-state index contributed by atoms with van der Waals surface area (Å²) in [6, 6.07) is 78.0. The Morgan fingerprint density at radius 3 is 1.22 bits per heavy atom. The predicted molar refractivity (Wildman–Crippen MR) is 331 cm³/mol. The summed E-state index contributed by atoms with van der Waals surface area (Å²) in [6.07, 6.45) is 11.3. The second-order valence-corrected chi connectivity index (χ2v) is 23.3. The maximum Gasteiger partial charge on any atom is 0.146 e. The molecule has 2 N–H and O–H groups in total. The number of para-hydroxylation sites is 6. The van der Waals surface area contributed by atoms with E-state index >= 15 is 0 Å². The molecule has 0 spiro atoms. The minimum atomic E-state index is -0.832. The number of fused-ring (bicyclic) bond motifs is 18. The Bertz CT molecular complexity index is 4940. The third-order valence-electron chi connectivity index (χ3n) is 14.5. The monoisotopic (exact) mass is 1110 g/mol. The van der Waals surface area contributed by atoms with Crippen LogP contribution in [-0.2, 0) is 0 Å². The van der Waals surface area contributed by atoms with Crippen molar-refractivity contribution in [2.75, 3.05) is 0 Å². The fourth-order valence-corrected chi connectivity index (χ4v) is 15.7. The molecule has 8 aromatic heterocycles. The fraction of sp³-hybridized carbons (Fsp3) is 0. The molecule has 0 bridgehead atoms. The van der Waals surface area contributed by atoms with Crippen LogP contribution in [0.15, 0.2) is 256 Å². The Kier molecular flexibility index (Phi) is 12.7. The standard InChI is InChI=1S/2C33H21N4P.H2O.H2Se/c1-3-9-31-27(7-1)26-14-13-24(20-28(26)33-36-29-8-2-4-10-32(29)37(31)33)38(23-15-18-34-19-16-23)25-12-11-22-6-5-17-35-30(22)21-25;1-3-9-31-26(7-1)28-20-24(13-14-27(28)33-36-29-8-2-4-10-32(29)37(31)33)38(23-15-18-34-19-16-23)25-12-11-22-6-5-17-35-30(22)21-25;;/h2*1-21H;2*1H2. The fourth-order valence-electron chi connectivity index (χ4n) is 11.1. The molecule has 8 aromatic carbocycles. The van der Waals surface area contributed by atoms with Gasteiger partial charge in [-0.25, -0.2) is 9.97 Å². The Balaban J connectivity index is 0.000000145. The molecule has 78 heavy (non-hydrogen) atoms. The minimum Gasteiger partial charge on any atom is -0.292 e.